The monoisotopic (exact) mass is 273 g/mol. The quantitative estimate of drug-likeness (QED) is 0.914. The van der Waals surface area contributed by atoms with Crippen LogP contribution < -0.4 is 10.6 Å². The van der Waals surface area contributed by atoms with Gasteiger partial charge in [-0.15, -0.1) is 0 Å². The zero-order valence-corrected chi connectivity index (χ0v) is 10.6. The van der Waals surface area contributed by atoms with Crippen LogP contribution in [0.2, 0.25) is 0 Å². The molecule has 2 N–H and O–H groups in total. The second-order valence-electron chi connectivity index (χ2n) is 4.62. The van der Waals surface area contributed by atoms with Crippen LogP contribution in [0.5, 0.6) is 0 Å². The molecule has 0 bridgehead atoms. The first-order valence-electron chi connectivity index (χ1n) is 6.25. The molecule has 1 aliphatic heterocycles. The minimum absolute atomic E-state index is 0.289. The normalized spacial score (nSPS) is 18.2. The number of anilines is 1. The second kappa shape index (κ2) is 4.92. The van der Waals surface area contributed by atoms with Crippen LogP contribution in [0.4, 0.5) is 14.5 Å². The van der Waals surface area contributed by atoms with Gasteiger partial charge in [0.15, 0.2) is 5.96 Å². The predicted molar refractivity (Wildman–Crippen MR) is 74.5 cm³/mol. The first-order chi connectivity index (χ1) is 9.65. The van der Waals surface area contributed by atoms with Crippen molar-refractivity contribution in [2.75, 3.05) is 11.4 Å². The number of aliphatic imine (C=N–C) groups is 1. The van der Waals surface area contributed by atoms with E-state index in [4.69, 9.17) is 5.73 Å². The molecule has 1 unspecified atom stereocenters. The summed E-state index contributed by atoms with van der Waals surface area (Å²) in [4.78, 5) is 5.97. The third-order valence-corrected chi connectivity index (χ3v) is 3.29. The van der Waals surface area contributed by atoms with Crippen molar-refractivity contribution >= 4 is 11.6 Å². The SMILES string of the molecule is NC1=NCC(c2cc(F)cc(F)c2)N1c1ccccc1. The molecule has 0 aromatic heterocycles. The summed E-state index contributed by atoms with van der Waals surface area (Å²) < 4.78 is 26.8. The summed E-state index contributed by atoms with van der Waals surface area (Å²) in [5, 5.41) is 0. The summed E-state index contributed by atoms with van der Waals surface area (Å²) in [5.74, 6) is -0.845. The zero-order valence-electron chi connectivity index (χ0n) is 10.6. The van der Waals surface area contributed by atoms with Crippen LogP contribution in [0.3, 0.4) is 0 Å². The number of nitrogens with zero attached hydrogens (tertiary/aromatic N) is 2. The molecular formula is C15H13F2N3. The van der Waals surface area contributed by atoms with Gasteiger partial charge >= 0.3 is 0 Å². The van der Waals surface area contributed by atoms with Gasteiger partial charge in [0.1, 0.15) is 11.6 Å². The average molecular weight is 273 g/mol. The zero-order chi connectivity index (χ0) is 14.1. The lowest BCUT2D eigenvalue weighted by Gasteiger charge is -2.26. The molecule has 3 rings (SSSR count). The van der Waals surface area contributed by atoms with Crippen LogP contribution in [0.1, 0.15) is 11.6 Å². The molecule has 20 heavy (non-hydrogen) atoms. The van der Waals surface area contributed by atoms with E-state index in [1.54, 1.807) is 4.90 Å². The van der Waals surface area contributed by atoms with Crippen molar-refractivity contribution in [3.8, 4) is 0 Å². The number of halogens is 2. The highest BCUT2D eigenvalue weighted by atomic mass is 19.1. The molecule has 2 aromatic rings. The van der Waals surface area contributed by atoms with Gasteiger partial charge in [-0.3, -0.25) is 4.99 Å². The van der Waals surface area contributed by atoms with E-state index in [1.807, 2.05) is 30.3 Å². The lowest BCUT2D eigenvalue weighted by molar-refractivity contribution is 0.575. The van der Waals surface area contributed by atoms with Gasteiger partial charge in [0.2, 0.25) is 0 Å². The standard InChI is InChI=1S/C15H13F2N3/c16-11-6-10(7-12(17)8-11)14-9-19-15(18)20(14)13-4-2-1-3-5-13/h1-8,14H,9H2,(H2,18,19). The molecule has 0 spiro atoms. The van der Waals surface area contributed by atoms with Crippen molar-refractivity contribution in [2.24, 2.45) is 10.7 Å². The van der Waals surface area contributed by atoms with Crippen molar-refractivity contribution < 1.29 is 8.78 Å². The predicted octanol–water partition coefficient (Wildman–Crippen LogP) is 2.84. The van der Waals surface area contributed by atoms with Gasteiger partial charge in [-0.1, -0.05) is 18.2 Å². The minimum Gasteiger partial charge on any atom is -0.369 e. The molecular weight excluding hydrogens is 260 g/mol. The largest absolute Gasteiger partial charge is 0.369 e. The van der Waals surface area contributed by atoms with Gasteiger partial charge in [0.05, 0.1) is 12.6 Å². The fourth-order valence-electron chi connectivity index (χ4n) is 2.42. The lowest BCUT2D eigenvalue weighted by atomic mass is 10.1. The molecule has 1 heterocycles. The van der Waals surface area contributed by atoms with Crippen LogP contribution >= 0.6 is 0 Å². The number of para-hydroxylation sites is 1. The summed E-state index contributed by atoms with van der Waals surface area (Å²) in [6.07, 6.45) is 0. The van der Waals surface area contributed by atoms with Crippen molar-refractivity contribution in [1.29, 1.82) is 0 Å². The Kier molecular flexibility index (Phi) is 3.10. The summed E-state index contributed by atoms with van der Waals surface area (Å²) in [6, 6.07) is 12.6. The molecule has 0 radical (unpaired) electrons. The van der Waals surface area contributed by atoms with E-state index in [-0.39, 0.29) is 6.04 Å². The molecule has 5 heteroatoms. The van der Waals surface area contributed by atoms with Gasteiger partial charge in [-0.25, -0.2) is 8.78 Å². The maximum atomic E-state index is 13.4. The molecule has 0 amide bonds. The highest BCUT2D eigenvalue weighted by Crippen LogP contribution is 2.31. The van der Waals surface area contributed by atoms with Crippen molar-refractivity contribution in [1.82, 2.24) is 0 Å². The summed E-state index contributed by atoms with van der Waals surface area (Å²) in [6.45, 7) is 0.379. The van der Waals surface area contributed by atoms with Gasteiger partial charge in [-0.05, 0) is 29.8 Å². The molecule has 0 saturated heterocycles. The molecule has 2 aromatic carbocycles. The molecule has 3 nitrogen and oxygen atoms in total. The van der Waals surface area contributed by atoms with Crippen LogP contribution in [0.25, 0.3) is 0 Å². The van der Waals surface area contributed by atoms with E-state index >= 15 is 0 Å². The number of nitrogens with two attached hydrogens (primary N) is 1. The Labute approximate surface area is 115 Å². The average Bonchev–Trinajstić information content (AvgIpc) is 2.80. The Balaban J connectivity index is 2.01. The van der Waals surface area contributed by atoms with Crippen molar-refractivity contribution in [3.05, 3.63) is 65.7 Å². The Morgan fingerprint density at radius 3 is 2.35 bits per heavy atom. The van der Waals surface area contributed by atoms with E-state index < -0.39 is 11.6 Å². The van der Waals surface area contributed by atoms with Crippen LogP contribution in [-0.2, 0) is 0 Å². The van der Waals surface area contributed by atoms with Gasteiger partial charge < -0.3 is 10.6 Å². The highest BCUT2D eigenvalue weighted by molar-refractivity contribution is 5.97. The fourth-order valence-corrected chi connectivity index (χ4v) is 2.42. The minimum atomic E-state index is -0.599. The first-order valence-corrected chi connectivity index (χ1v) is 6.25. The van der Waals surface area contributed by atoms with Gasteiger partial charge in [-0.2, -0.15) is 0 Å². The van der Waals surface area contributed by atoms with Gasteiger partial charge in [0, 0.05) is 11.8 Å². The highest BCUT2D eigenvalue weighted by Gasteiger charge is 2.29. The van der Waals surface area contributed by atoms with Crippen LogP contribution in [0, 0.1) is 11.6 Å². The Hall–Kier alpha value is -2.43. The maximum absolute atomic E-state index is 13.4. The second-order valence-corrected chi connectivity index (χ2v) is 4.62. The third kappa shape index (κ3) is 2.22. The van der Waals surface area contributed by atoms with E-state index in [1.165, 1.54) is 12.1 Å². The lowest BCUT2D eigenvalue weighted by Crippen LogP contribution is -2.36. The number of benzene rings is 2. The number of guanidine groups is 1. The molecule has 102 valence electrons. The molecule has 1 atom stereocenters. The fraction of sp³-hybridized carbons (Fsp3) is 0.133. The maximum Gasteiger partial charge on any atom is 0.196 e. The van der Waals surface area contributed by atoms with E-state index in [2.05, 4.69) is 4.99 Å². The van der Waals surface area contributed by atoms with Crippen LogP contribution in [0.15, 0.2) is 53.5 Å². The van der Waals surface area contributed by atoms with E-state index in [9.17, 15) is 8.78 Å². The number of hydrogen-bond donors (Lipinski definition) is 1. The number of hydrogen-bond acceptors (Lipinski definition) is 3. The number of rotatable bonds is 2. The Morgan fingerprint density at radius 1 is 1.05 bits per heavy atom. The molecule has 1 aliphatic rings. The van der Waals surface area contributed by atoms with Crippen molar-refractivity contribution in [2.45, 2.75) is 6.04 Å². The van der Waals surface area contributed by atoms with E-state index in [0.29, 0.717) is 18.1 Å². The van der Waals surface area contributed by atoms with Crippen molar-refractivity contribution in [3.63, 3.8) is 0 Å². The van der Waals surface area contributed by atoms with Gasteiger partial charge in [0.25, 0.3) is 0 Å². The molecule has 0 aliphatic carbocycles. The first kappa shape index (κ1) is 12.6. The summed E-state index contributed by atoms with van der Waals surface area (Å²) in [5.41, 5.74) is 7.28. The Morgan fingerprint density at radius 2 is 1.70 bits per heavy atom. The third-order valence-electron chi connectivity index (χ3n) is 3.29. The smallest absolute Gasteiger partial charge is 0.196 e. The summed E-state index contributed by atoms with van der Waals surface area (Å²) >= 11 is 0. The molecule has 0 saturated carbocycles. The topological polar surface area (TPSA) is 41.6 Å². The molecule has 0 fully saturated rings. The Bertz CT molecular complexity index is 635. The van der Waals surface area contributed by atoms with Crippen LogP contribution in [-0.4, -0.2) is 12.5 Å². The summed E-state index contributed by atoms with van der Waals surface area (Å²) in [7, 11) is 0. The van der Waals surface area contributed by atoms with E-state index in [0.717, 1.165) is 11.8 Å².